The van der Waals surface area contributed by atoms with Crippen LogP contribution in [0.25, 0.3) is 0 Å². The van der Waals surface area contributed by atoms with Gasteiger partial charge in [-0.05, 0) is 89.9 Å². The van der Waals surface area contributed by atoms with Gasteiger partial charge in [-0.15, -0.1) is 0 Å². The highest BCUT2D eigenvalue weighted by atomic mass is 16.5. The number of carbonyl (C=O) groups excluding carboxylic acids is 2. The fourth-order valence-electron chi connectivity index (χ4n) is 8.78. The predicted octanol–water partition coefficient (Wildman–Crippen LogP) is 18.2. The molecule has 0 aromatic heterocycles. The number of carbonyl (C=O) groups is 2. The van der Waals surface area contributed by atoms with Crippen molar-refractivity contribution in [2.45, 2.75) is 315 Å². The minimum absolute atomic E-state index is 0.00116. The van der Waals surface area contributed by atoms with Crippen molar-refractivity contribution < 1.29 is 24.5 Å². The van der Waals surface area contributed by atoms with E-state index in [0.717, 1.165) is 57.8 Å². The zero-order valence-electron chi connectivity index (χ0n) is 44.6. The summed E-state index contributed by atoms with van der Waals surface area (Å²) in [5, 5.41) is 23.0. The Morgan fingerprint density at radius 3 is 1.18 bits per heavy atom. The van der Waals surface area contributed by atoms with Gasteiger partial charge in [-0.2, -0.15) is 0 Å². The monoisotopic (exact) mass is 940 g/mol. The van der Waals surface area contributed by atoms with Crippen molar-refractivity contribution >= 4 is 11.9 Å². The highest BCUT2D eigenvalue weighted by Crippen LogP contribution is 2.16. The molecule has 2 atom stereocenters. The summed E-state index contributed by atoms with van der Waals surface area (Å²) in [7, 11) is 0. The first-order valence-corrected chi connectivity index (χ1v) is 29.4. The maximum atomic E-state index is 12.4. The van der Waals surface area contributed by atoms with E-state index in [2.05, 4.69) is 55.6 Å². The third kappa shape index (κ3) is 53.0. The lowest BCUT2D eigenvalue weighted by Gasteiger charge is -2.20. The van der Waals surface area contributed by atoms with Crippen LogP contribution >= 0.6 is 0 Å². The minimum atomic E-state index is -0.849. The van der Waals surface area contributed by atoms with Gasteiger partial charge in [0.1, 0.15) is 0 Å². The van der Waals surface area contributed by atoms with Gasteiger partial charge in [-0.1, -0.05) is 249 Å². The molecule has 0 saturated heterocycles. The Hall–Kier alpha value is -2.18. The van der Waals surface area contributed by atoms with Crippen LogP contribution in [0.15, 0.2) is 48.6 Å². The molecule has 0 saturated carbocycles. The summed E-state index contributed by atoms with van der Waals surface area (Å²) in [6, 6.07) is -0.634. The average Bonchev–Trinajstić information content (AvgIpc) is 3.33. The number of unbranched alkanes of at least 4 members (excludes halogenated alkanes) is 37. The van der Waals surface area contributed by atoms with E-state index in [4.69, 9.17) is 4.74 Å². The van der Waals surface area contributed by atoms with E-state index in [1.807, 2.05) is 6.08 Å². The van der Waals surface area contributed by atoms with Crippen molar-refractivity contribution in [3.8, 4) is 0 Å². The lowest BCUT2D eigenvalue weighted by molar-refractivity contribution is -0.143. The summed E-state index contributed by atoms with van der Waals surface area (Å²) in [4.78, 5) is 24.5. The zero-order chi connectivity index (χ0) is 48.6. The van der Waals surface area contributed by atoms with Crippen LogP contribution in [-0.4, -0.2) is 47.4 Å². The number of rotatable bonds is 54. The fraction of sp³-hybridized carbons (Fsp3) is 0.836. The second-order valence-electron chi connectivity index (χ2n) is 20.0. The van der Waals surface area contributed by atoms with Gasteiger partial charge in [0, 0.05) is 12.8 Å². The average molecular weight is 941 g/mol. The number of esters is 1. The highest BCUT2D eigenvalue weighted by molar-refractivity contribution is 5.76. The molecule has 0 aromatic rings. The van der Waals surface area contributed by atoms with Crippen LogP contribution in [0.5, 0.6) is 0 Å². The van der Waals surface area contributed by atoms with Crippen molar-refractivity contribution in [2.24, 2.45) is 0 Å². The van der Waals surface area contributed by atoms with Gasteiger partial charge < -0.3 is 20.3 Å². The lowest BCUT2D eigenvalue weighted by Crippen LogP contribution is -2.45. The summed E-state index contributed by atoms with van der Waals surface area (Å²) in [6.45, 7) is 4.85. The normalized spacial score (nSPS) is 13.0. The second-order valence-corrected chi connectivity index (χ2v) is 20.0. The maximum absolute atomic E-state index is 12.4. The standard InChI is InChI=1S/C61H113NO5/c1-3-5-7-9-11-13-15-16-17-18-21-25-28-31-35-39-43-47-51-55-61(66)67-56-52-48-44-40-36-32-29-26-23-20-19-22-24-27-30-34-38-42-46-50-54-60(65)62-58(57-63)59(64)53-49-45-41-37-33-14-12-10-8-6-4-2/h11,13,16-17,19,22,49,53,58-59,63-64H,3-10,12,14-15,18,20-21,23-48,50-52,54-57H2,1-2H3,(H,62,65)/b13-11-,17-16-,22-19-,53-49+. The Labute approximate surface area is 416 Å². The van der Waals surface area contributed by atoms with E-state index in [1.165, 1.54) is 218 Å². The molecule has 0 aliphatic rings. The molecule has 0 aromatic carbocycles. The second kappa shape index (κ2) is 56.4. The van der Waals surface area contributed by atoms with Gasteiger partial charge in [-0.3, -0.25) is 9.59 Å². The Kier molecular flexibility index (Phi) is 54.6. The summed E-state index contributed by atoms with van der Waals surface area (Å²) in [5.74, 6) is -0.0774. The largest absolute Gasteiger partial charge is 0.466 e. The van der Waals surface area contributed by atoms with Crippen molar-refractivity contribution in [1.29, 1.82) is 0 Å². The molecule has 1 amide bonds. The van der Waals surface area contributed by atoms with Crippen molar-refractivity contribution in [3.63, 3.8) is 0 Å². The number of nitrogens with one attached hydrogen (secondary N) is 1. The molecule has 2 unspecified atom stereocenters. The number of ether oxygens (including phenoxy) is 1. The van der Waals surface area contributed by atoms with Crippen molar-refractivity contribution in [3.05, 3.63) is 48.6 Å². The van der Waals surface area contributed by atoms with Crippen LogP contribution in [0, 0.1) is 0 Å². The molecule has 0 aliphatic carbocycles. The van der Waals surface area contributed by atoms with Gasteiger partial charge in [0.05, 0.1) is 25.4 Å². The third-order valence-corrected chi connectivity index (χ3v) is 13.3. The van der Waals surface area contributed by atoms with E-state index in [0.29, 0.717) is 19.4 Å². The zero-order valence-corrected chi connectivity index (χ0v) is 44.6. The van der Waals surface area contributed by atoms with Crippen LogP contribution in [0.1, 0.15) is 303 Å². The first-order valence-electron chi connectivity index (χ1n) is 29.4. The molecule has 0 heterocycles. The fourth-order valence-corrected chi connectivity index (χ4v) is 8.78. The van der Waals surface area contributed by atoms with Gasteiger partial charge in [0.2, 0.25) is 5.91 Å². The first-order chi connectivity index (χ1) is 33.0. The van der Waals surface area contributed by atoms with E-state index >= 15 is 0 Å². The molecule has 0 radical (unpaired) electrons. The number of hydrogen-bond donors (Lipinski definition) is 3. The topological polar surface area (TPSA) is 95.9 Å². The molecule has 0 rings (SSSR count). The number of hydrogen-bond acceptors (Lipinski definition) is 5. The molecular formula is C61H113NO5. The molecule has 67 heavy (non-hydrogen) atoms. The minimum Gasteiger partial charge on any atom is -0.466 e. The van der Waals surface area contributed by atoms with Crippen LogP contribution < -0.4 is 5.32 Å². The van der Waals surface area contributed by atoms with Crippen LogP contribution in [-0.2, 0) is 14.3 Å². The summed E-state index contributed by atoms with van der Waals surface area (Å²) in [6.07, 6.45) is 71.4. The summed E-state index contributed by atoms with van der Waals surface area (Å²) >= 11 is 0. The van der Waals surface area contributed by atoms with Gasteiger partial charge in [-0.25, -0.2) is 0 Å². The Morgan fingerprint density at radius 2 is 0.746 bits per heavy atom. The SMILES string of the molecule is CCCCC/C=C\C/C=C\CCCCCCCCCCCC(=O)OCCCCCCCCCCC/C=C\CCCCCCCCCC(=O)NC(CO)C(O)/C=C/CCCCCCCCCCC. The summed E-state index contributed by atoms with van der Waals surface area (Å²) < 4.78 is 5.49. The van der Waals surface area contributed by atoms with Crippen molar-refractivity contribution in [1.82, 2.24) is 5.32 Å². The van der Waals surface area contributed by atoms with Gasteiger partial charge in [0.25, 0.3) is 0 Å². The highest BCUT2D eigenvalue weighted by Gasteiger charge is 2.18. The Balaban J connectivity index is 3.43. The summed E-state index contributed by atoms with van der Waals surface area (Å²) in [5.41, 5.74) is 0. The third-order valence-electron chi connectivity index (χ3n) is 13.3. The first kappa shape index (κ1) is 64.8. The number of aliphatic hydroxyl groups excluding tert-OH is 2. The van der Waals surface area contributed by atoms with E-state index in [-0.39, 0.29) is 18.5 Å². The predicted molar refractivity (Wildman–Crippen MR) is 292 cm³/mol. The quantitative estimate of drug-likeness (QED) is 0.0321. The Morgan fingerprint density at radius 1 is 0.418 bits per heavy atom. The Bertz CT molecular complexity index is 1130. The molecular weight excluding hydrogens is 827 g/mol. The smallest absolute Gasteiger partial charge is 0.305 e. The molecule has 392 valence electrons. The molecule has 6 heteroatoms. The lowest BCUT2D eigenvalue weighted by atomic mass is 10.1. The maximum Gasteiger partial charge on any atom is 0.305 e. The van der Waals surface area contributed by atoms with Gasteiger partial charge in [0.15, 0.2) is 0 Å². The number of allylic oxidation sites excluding steroid dienone is 7. The number of amides is 1. The van der Waals surface area contributed by atoms with Crippen LogP contribution in [0.4, 0.5) is 0 Å². The van der Waals surface area contributed by atoms with E-state index in [9.17, 15) is 19.8 Å². The number of aliphatic hydroxyl groups is 2. The molecule has 0 spiro atoms. The van der Waals surface area contributed by atoms with Crippen LogP contribution in [0.3, 0.4) is 0 Å². The van der Waals surface area contributed by atoms with Gasteiger partial charge >= 0.3 is 5.97 Å². The van der Waals surface area contributed by atoms with E-state index in [1.54, 1.807) is 6.08 Å². The van der Waals surface area contributed by atoms with E-state index < -0.39 is 12.1 Å². The molecule has 0 fully saturated rings. The van der Waals surface area contributed by atoms with Crippen molar-refractivity contribution in [2.75, 3.05) is 13.2 Å². The van der Waals surface area contributed by atoms with Crippen LogP contribution in [0.2, 0.25) is 0 Å². The molecule has 0 aliphatic heterocycles. The molecule has 0 bridgehead atoms. The molecule has 6 nitrogen and oxygen atoms in total. The molecule has 3 N–H and O–H groups in total.